The molecule has 152 valence electrons. The minimum absolute atomic E-state index is 0.00846. The standard InChI is InChI=1S/C24H32O4/c1-23-11-9-16(28-22(26)20-4-3-13-27-20)14-15(23)5-6-17-18-7-8-21(25)24(18,2)12-10-19(17)23/h3-4,13,15-19H,5-12,14H2,1-2H3/t15-,16+,17+,18-,19+,23+,24-/m0/s1. The van der Waals surface area contributed by atoms with Crippen molar-refractivity contribution in [2.45, 2.75) is 77.7 Å². The number of hydrogen-bond acceptors (Lipinski definition) is 4. The Hall–Kier alpha value is -1.58. The normalized spacial score (nSPS) is 45.1. The Morgan fingerprint density at radius 2 is 1.96 bits per heavy atom. The largest absolute Gasteiger partial charge is 0.457 e. The van der Waals surface area contributed by atoms with Crippen LogP contribution >= 0.6 is 0 Å². The first-order chi connectivity index (χ1) is 13.4. The predicted molar refractivity (Wildman–Crippen MR) is 105 cm³/mol. The number of carbonyl (C=O) groups is 2. The molecule has 1 aromatic heterocycles. The van der Waals surface area contributed by atoms with E-state index in [0.717, 1.165) is 44.4 Å². The highest BCUT2D eigenvalue weighted by Gasteiger charge is 2.60. The van der Waals surface area contributed by atoms with Crippen LogP contribution < -0.4 is 0 Å². The molecule has 4 heteroatoms. The highest BCUT2D eigenvalue weighted by atomic mass is 16.6. The van der Waals surface area contributed by atoms with Crippen LogP contribution in [0.25, 0.3) is 0 Å². The molecule has 28 heavy (non-hydrogen) atoms. The third-order valence-electron chi connectivity index (χ3n) is 9.32. The molecule has 1 heterocycles. The molecule has 4 nitrogen and oxygen atoms in total. The molecule has 1 aromatic rings. The zero-order valence-electron chi connectivity index (χ0n) is 17.1. The quantitative estimate of drug-likeness (QED) is 0.639. The van der Waals surface area contributed by atoms with E-state index in [1.807, 2.05) is 0 Å². The fraction of sp³-hybridized carbons (Fsp3) is 0.750. The van der Waals surface area contributed by atoms with Crippen LogP contribution in [0.4, 0.5) is 0 Å². The van der Waals surface area contributed by atoms with Crippen LogP contribution in [0, 0.1) is 34.5 Å². The number of esters is 1. The molecule has 4 saturated carbocycles. The second kappa shape index (κ2) is 6.47. The number of ketones is 1. The molecular formula is C24H32O4. The van der Waals surface area contributed by atoms with E-state index in [1.54, 1.807) is 12.1 Å². The second-order valence-corrected chi connectivity index (χ2v) is 10.4. The van der Waals surface area contributed by atoms with Crippen molar-refractivity contribution in [1.82, 2.24) is 0 Å². The van der Waals surface area contributed by atoms with Crippen LogP contribution in [0.1, 0.15) is 82.2 Å². The molecule has 5 rings (SSSR count). The summed E-state index contributed by atoms with van der Waals surface area (Å²) in [5.41, 5.74) is 0.295. The average Bonchev–Trinajstić information content (AvgIpc) is 3.31. The van der Waals surface area contributed by atoms with Crippen molar-refractivity contribution in [1.29, 1.82) is 0 Å². The molecule has 0 aromatic carbocycles. The minimum Gasteiger partial charge on any atom is -0.457 e. The van der Waals surface area contributed by atoms with E-state index in [9.17, 15) is 9.59 Å². The Bertz CT molecular complexity index is 768. The Kier molecular flexibility index (Phi) is 4.26. The summed E-state index contributed by atoms with van der Waals surface area (Å²) in [6, 6.07) is 3.39. The van der Waals surface area contributed by atoms with Crippen molar-refractivity contribution in [3.8, 4) is 0 Å². The van der Waals surface area contributed by atoms with E-state index in [1.165, 1.54) is 25.5 Å². The monoisotopic (exact) mass is 384 g/mol. The number of rotatable bonds is 2. The maximum Gasteiger partial charge on any atom is 0.374 e. The van der Waals surface area contributed by atoms with E-state index >= 15 is 0 Å². The van der Waals surface area contributed by atoms with Crippen molar-refractivity contribution >= 4 is 11.8 Å². The van der Waals surface area contributed by atoms with E-state index in [0.29, 0.717) is 34.7 Å². The first kappa shape index (κ1) is 18.4. The zero-order chi connectivity index (χ0) is 19.5. The van der Waals surface area contributed by atoms with E-state index in [-0.39, 0.29) is 17.5 Å². The van der Waals surface area contributed by atoms with Gasteiger partial charge in [0.25, 0.3) is 0 Å². The van der Waals surface area contributed by atoms with Gasteiger partial charge in [0.15, 0.2) is 0 Å². The molecule has 0 bridgehead atoms. The molecule has 4 aliphatic rings. The van der Waals surface area contributed by atoms with Gasteiger partial charge >= 0.3 is 5.97 Å². The van der Waals surface area contributed by atoms with Gasteiger partial charge in [-0.3, -0.25) is 4.79 Å². The highest BCUT2D eigenvalue weighted by molar-refractivity contribution is 5.87. The van der Waals surface area contributed by atoms with Gasteiger partial charge in [-0.25, -0.2) is 4.79 Å². The molecule has 0 aliphatic heterocycles. The van der Waals surface area contributed by atoms with Crippen LogP contribution in [0.2, 0.25) is 0 Å². The Labute approximate surface area is 167 Å². The summed E-state index contributed by atoms with van der Waals surface area (Å²) in [5, 5.41) is 0. The van der Waals surface area contributed by atoms with E-state index in [4.69, 9.17) is 9.15 Å². The minimum atomic E-state index is -0.329. The maximum absolute atomic E-state index is 12.6. The number of ether oxygens (including phenoxy) is 1. The number of furan rings is 1. The molecule has 4 fully saturated rings. The molecular weight excluding hydrogens is 352 g/mol. The SMILES string of the molecule is C[C@@]12CC[C@@H](OC(=O)c3ccco3)C[C@@H]1CC[C@H]1[C@H]2CC[C@]2(C)C(=O)CC[C@@H]12. The number of Topliss-reactive ketones (excluding diaryl/α,β-unsaturated/α-hetero) is 1. The van der Waals surface area contributed by atoms with Gasteiger partial charge in [0.1, 0.15) is 11.9 Å². The van der Waals surface area contributed by atoms with Crippen LogP contribution in [0.3, 0.4) is 0 Å². The summed E-state index contributed by atoms with van der Waals surface area (Å²) in [4.78, 5) is 24.8. The second-order valence-electron chi connectivity index (χ2n) is 10.4. The average molecular weight is 385 g/mol. The van der Waals surface area contributed by atoms with Gasteiger partial charge in [-0.05, 0) is 92.6 Å². The first-order valence-electron chi connectivity index (χ1n) is 11.2. The summed E-state index contributed by atoms with van der Waals surface area (Å²) in [6.45, 7) is 4.75. The third-order valence-corrected chi connectivity index (χ3v) is 9.32. The lowest BCUT2D eigenvalue weighted by molar-refractivity contribution is -0.142. The van der Waals surface area contributed by atoms with E-state index < -0.39 is 0 Å². The van der Waals surface area contributed by atoms with Gasteiger partial charge in [-0.2, -0.15) is 0 Å². The molecule has 0 saturated heterocycles. The van der Waals surface area contributed by atoms with Crippen molar-refractivity contribution in [3.63, 3.8) is 0 Å². The molecule has 4 aliphatic carbocycles. The summed E-state index contributed by atoms with van der Waals surface area (Å²) in [6.07, 6.45) is 11.2. The molecule has 0 unspecified atom stereocenters. The van der Waals surface area contributed by atoms with E-state index in [2.05, 4.69) is 13.8 Å². The molecule has 0 spiro atoms. The molecule has 0 amide bonds. The van der Waals surface area contributed by atoms with Crippen LogP contribution in [0.15, 0.2) is 22.8 Å². The summed E-state index contributed by atoms with van der Waals surface area (Å²) in [7, 11) is 0. The number of fused-ring (bicyclic) bond motifs is 5. The number of carbonyl (C=O) groups excluding carboxylic acids is 2. The lowest BCUT2D eigenvalue weighted by Crippen LogP contribution is -2.54. The van der Waals surface area contributed by atoms with Gasteiger partial charge in [0, 0.05) is 11.8 Å². The smallest absolute Gasteiger partial charge is 0.374 e. The number of hydrogen-bond donors (Lipinski definition) is 0. The van der Waals surface area contributed by atoms with Crippen molar-refractivity contribution < 1.29 is 18.7 Å². The van der Waals surface area contributed by atoms with Gasteiger partial charge in [0.05, 0.1) is 6.26 Å². The molecule has 0 N–H and O–H groups in total. The lowest BCUT2D eigenvalue weighted by atomic mass is 9.45. The fourth-order valence-electron chi connectivity index (χ4n) is 7.70. The van der Waals surface area contributed by atoms with Gasteiger partial charge in [-0.15, -0.1) is 0 Å². The van der Waals surface area contributed by atoms with Crippen LogP contribution in [-0.2, 0) is 9.53 Å². The fourth-order valence-corrected chi connectivity index (χ4v) is 7.70. The third kappa shape index (κ3) is 2.63. The van der Waals surface area contributed by atoms with Gasteiger partial charge < -0.3 is 9.15 Å². The predicted octanol–water partition coefficient (Wildman–Crippen LogP) is 5.42. The van der Waals surface area contributed by atoms with Gasteiger partial charge in [0.2, 0.25) is 5.76 Å². The van der Waals surface area contributed by atoms with Crippen LogP contribution in [0.5, 0.6) is 0 Å². The summed E-state index contributed by atoms with van der Waals surface area (Å²) < 4.78 is 11.0. The van der Waals surface area contributed by atoms with Crippen molar-refractivity contribution in [2.24, 2.45) is 34.5 Å². The zero-order valence-corrected chi connectivity index (χ0v) is 17.1. The summed E-state index contributed by atoms with van der Waals surface area (Å²) >= 11 is 0. The Morgan fingerprint density at radius 1 is 1.11 bits per heavy atom. The van der Waals surface area contributed by atoms with Crippen molar-refractivity contribution in [2.75, 3.05) is 0 Å². The van der Waals surface area contributed by atoms with Gasteiger partial charge in [-0.1, -0.05) is 13.8 Å². The lowest BCUT2D eigenvalue weighted by Gasteiger charge is -2.60. The summed E-state index contributed by atoms with van der Waals surface area (Å²) in [5.74, 6) is 3.17. The Morgan fingerprint density at radius 3 is 2.75 bits per heavy atom. The van der Waals surface area contributed by atoms with Crippen molar-refractivity contribution in [3.05, 3.63) is 24.2 Å². The molecule has 0 radical (unpaired) electrons. The topological polar surface area (TPSA) is 56.5 Å². The highest BCUT2D eigenvalue weighted by Crippen LogP contribution is 2.65. The van der Waals surface area contributed by atoms with Crippen LogP contribution in [-0.4, -0.2) is 17.9 Å². The first-order valence-corrected chi connectivity index (χ1v) is 11.2. The maximum atomic E-state index is 12.6. The molecule has 7 atom stereocenters. The Balaban J connectivity index is 1.30.